The second-order valence-electron chi connectivity index (χ2n) is 7.16. The minimum absolute atomic E-state index is 0.0987. The van der Waals surface area contributed by atoms with Crippen molar-refractivity contribution in [2.24, 2.45) is 0 Å². The molecule has 1 aliphatic heterocycles. The number of hydrogen-bond donors (Lipinski definition) is 2. The van der Waals surface area contributed by atoms with Crippen molar-refractivity contribution in [2.45, 2.75) is 0 Å². The van der Waals surface area contributed by atoms with Gasteiger partial charge in [0.15, 0.2) is 31.6 Å². The molecule has 1 saturated heterocycles. The van der Waals surface area contributed by atoms with E-state index in [1.54, 1.807) is 15.0 Å². The molecule has 13 heteroatoms. The Bertz CT molecular complexity index is 1270. The average molecular weight is 499 g/mol. The highest BCUT2D eigenvalue weighted by atomic mass is 35.5. The fraction of sp³-hybridized carbons (Fsp3) is 0.333. The Labute approximate surface area is 194 Å². The Kier molecular flexibility index (Phi) is 5.61. The minimum Gasteiger partial charge on any atom is -0.345 e. The zero-order chi connectivity index (χ0) is 21.5. The Morgan fingerprint density at radius 3 is 2.23 bits per heavy atom. The molecule has 9 nitrogen and oxygen atoms in total. The number of thiazole rings is 2. The molecule has 0 radical (unpaired) electrons. The van der Waals surface area contributed by atoms with Gasteiger partial charge in [0, 0.05) is 23.2 Å². The highest BCUT2D eigenvalue weighted by Gasteiger charge is 2.29. The third-order valence-corrected chi connectivity index (χ3v) is 7.42. The van der Waals surface area contributed by atoms with E-state index in [-0.39, 0.29) is 22.1 Å². The summed E-state index contributed by atoms with van der Waals surface area (Å²) >= 11 is 15.2. The monoisotopic (exact) mass is 498 g/mol. The predicted octanol–water partition coefficient (Wildman–Crippen LogP) is 1.18. The van der Waals surface area contributed by atoms with Gasteiger partial charge in [-0.15, -0.1) is 22.7 Å². The van der Waals surface area contributed by atoms with Gasteiger partial charge in [0.25, 0.3) is 11.8 Å². The van der Waals surface area contributed by atoms with Gasteiger partial charge in [-0.25, -0.2) is 9.97 Å². The molecule has 162 valence electrons. The number of quaternary nitrogens is 1. The maximum atomic E-state index is 13.0. The van der Waals surface area contributed by atoms with E-state index < -0.39 is 0 Å². The Morgan fingerprint density at radius 1 is 1.00 bits per heavy atom. The predicted molar refractivity (Wildman–Crippen MR) is 120 cm³/mol. The van der Waals surface area contributed by atoms with E-state index in [9.17, 15) is 9.59 Å². The Morgan fingerprint density at radius 2 is 1.58 bits per heavy atom. The quantitative estimate of drug-likeness (QED) is 0.432. The fourth-order valence-corrected chi connectivity index (χ4v) is 5.81. The molecule has 0 aliphatic carbocycles. The van der Waals surface area contributed by atoms with Crippen LogP contribution in [0.5, 0.6) is 0 Å². The minimum atomic E-state index is -0.237. The van der Waals surface area contributed by atoms with Crippen LogP contribution in [0.15, 0.2) is 23.2 Å². The molecule has 0 unspecified atom stereocenters. The average Bonchev–Trinajstić information content (AvgIpc) is 3.49. The maximum Gasteiger partial charge on any atom is 0.274 e. The van der Waals surface area contributed by atoms with Gasteiger partial charge >= 0.3 is 0 Å². The zero-order valence-corrected chi connectivity index (χ0v) is 19.3. The van der Waals surface area contributed by atoms with Crippen LogP contribution < -0.4 is 10.2 Å². The summed E-state index contributed by atoms with van der Waals surface area (Å²) in [6, 6.07) is 0. The van der Waals surface area contributed by atoms with Gasteiger partial charge in [-0.1, -0.05) is 23.2 Å². The van der Waals surface area contributed by atoms with E-state index in [1.165, 1.54) is 27.6 Å². The van der Waals surface area contributed by atoms with Crippen LogP contribution in [0.3, 0.4) is 0 Å². The van der Waals surface area contributed by atoms with Crippen LogP contribution in [0.1, 0.15) is 21.0 Å². The number of fused-ring (bicyclic) bond motifs is 2. The second kappa shape index (κ2) is 8.40. The molecule has 2 amide bonds. The molecule has 2 N–H and O–H groups in total. The van der Waals surface area contributed by atoms with Gasteiger partial charge in [-0.05, 0) is 0 Å². The third kappa shape index (κ3) is 3.80. The van der Waals surface area contributed by atoms with E-state index in [2.05, 4.69) is 15.3 Å². The van der Waals surface area contributed by atoms with Crippen LogP contribution in [-0.4, -0.2) is 74.8 Å². The number of aromatic nitrogens is 4. The van der Waals surface area contributed by atoms with Crippen LogP contribution in [-0.2, 0) is 0 Å². The molecular formula is C18H18Cl2N7O2S2+. The molecule has 1 fully saturated rings. The third-order valence-electron chi connectivity index (χ3n) is 5.38. The van der Waals surface area contributed by atoms with E-state index >= 15 is 0 Å². The molecular weight excluding hydrogens is 481 g/mol. The first-order valence-electron chi connectivity index (χ1n) is 9.66. The molecule has 1 aliphatic rings. The van der Waals surface area contributed by atoms with Crippen molar-refractivity contribution in [1.82, 2.24) is 29.0 Å². The summed E-state index contributed by atoms with van der Waals surface area (Å²) in [5.74, 6) is -0.335. The molecule has 5 heterocycles. The normalized spacial score (nSPS) is 15.2. The largest absolute Gasteiger partial charge is 0.345 e. The Balaban J connectivity index is 1.14. The number of nitrogens with zero attached hydrogens (tertiary/aromatic N) is 5. The molecule has 0 atom stereocenters. The Hall–Kier alpha value is -2.18. The van der Waals surface area contributed by atoms with Crippen LogP contribution in [0.25, 0.3) is 9.92 Å². The lowest BCUT2D eigenvalue weighted by Gasteiger charge is -2.32. The number of halogens is 2. The smallest absolute Gasteiger partial charge is 0.274 e. The fourth-order valence-electron chi connectivity index (χ4n) is 3.78. The van der Waals surface area contributed by atoms with Crippen molar-refractivity contribution in [2.75, 3.05) is 39.3 Å². The second-order valence-corrected chi connectivity index (χ2v) is 9.62. The van der Waals surface area contributed by atoms with E-state index in [1.807, 2.05) is 21.9 Å². The topological polar surface area (TPSA) is 88.5 Å². The van der Waals surface area contributed by atoms with Crippen molar-refractivity contribution in [3.8, 4) is 0 Å². The standard InChI is InChI=1S/C18H17Cl2N7O2S2/c19-13-11(26-7-9-30-17(26)22-13)15(28)21-1-2-24-3-5-25(6-4-24)16(29)12-14(20)23-18-27(12)8-10-31-18/h7-10H,1-6H2,(H,21,28)/p+1. The number of carbonyl (C=O) groups is 2. The number of hydrogen-bond acceptors (Lipinski definition) is 6. The number of nitrogens with one attached hydrogen (secondary N) is 2. The summed E-state index contributed by atoms with van der Waals surface area (Å²) in [6.07, 6.45) is 3.60. The molecule has 31 heavy (non-hydrogen) atoms. The first-order chi connectivity index (χ1) is 15.0. The molecule has 4 aromatic heterocycles. The zero-order valence-electron chi connectivity index (χ0n) is 16.2. The number of carbonyl (C=O) groups excluding carboxylic acids is 2. The van der Waals surface area contributed by atoms with Gasteiger partial charge in [0.1, 0.15) is 0 Å². The SMILES string of the molecule is O=C(NCC[NH+]1CCN(C(=O)c2c(Cl)nc3sccn23)CC1)c1c(Cl)nc2sccn12. The van der Waals surface area contributed by atoms with Crippen molar-refractivity contribution in [1.29, 1.82) is 0 Å². The van der Waals surface area contributed by atoms with E-state index in [4.69, 9.17) is 23.2 Å². The van der Waals surface area contributed by atoms with Gasteiger partial charge in [-0.2, -0.15) is 0 Å². The lowest BCUT2D eigenvalue weighted by molar-refractivity contribution is -0.902. The van der Waals surface area contributed by atoms with Gasteiger partial charge in [0.05, 0.1) is 39.3 Å². The summed E-state index contributed by atoms with van der Waals surface area (Å²) in [5, 5.41) is 7.12. The summed E-state index contributed by atoms with van der Waals surface area (Å²) < 4.78 is 3.45. The van der Waals surface area contributed by atoms with Crippen LogP contribution in [0, 0.1) is 0 Å². The van der Waals surface area contributed by atoms with Crippen LogP contribution in [0.2, 0.25) is 10.3 Å². The van der Waals surface area contributed by atoms with Gasteiger partial charge in [-0.3, -0.25) is 18.4 Å². The molecule has 0 aromatic carbocycles. The number of imidazole rings is 2. The summed E-state index contributed by atoms with van der Waals surface area (Å²) in [7, 11) is 0. The maximum absolute atomic E-state index is 13.0. The lowest BCUT2D eigenvalue weighted by atomic mass is 10.2. The molecule has 0 spiro atoms. The summed E-state index contributed by atoms with van der Waals surface area (Å²) in [6.45, 7) is 4.12. The van der Waals surface area contributed by atoms with Crippen molar-refractivity contribution in [3.63, 3.8) is 0 Å². The number of piperazine rings is 1. The van der Waals surface area contributed by atoms with Gasteiger partial charge < -0.3 is 15.1 Å². The highest BCUT2D eigenvalue weighted by molar-refractivity contribution is 7.15. The van der Waals surface area contributed by atoms with Crippen molar-refractivity contribution in [3.05, 3.63) is 44.8 Å². The number of rotatable bonds is 5. The van der Waals surface area contributed by atoms with Gasteiger partial charge in [0.2, 0.25) is 0 Å². The molecule has 0 saturated carbocycles. The molecule has 4 aromatic rings. The number of amides is 2. The van der Waals surface area contributed by atoms with Crippen LogP contribution in [0.4, 0.5) is 0 Å². The first-order valence-corrected chi connectivity index (χ1v) is 12.2. The first kappa shape index (κ1) is 20.7. The summed E-state index contributed by atoms with van der Waals surface area (Å²) in [5.41, 5.74) is 0.784. The highest BCUT2D eigenvalue weighted by Crippen LogP contribution is 2.23. The van der Waals surface area contributed by atoms with Crippen molar-refractivity contribution < 1.29 is 14.5 Å². The molecule has 5 rings (SSSR count). The lowest BCUT2D eigenvalue weighted by Crippen LogP contribution is -3.15. The van der Waals surface area contributed by atoms with E-state index in [0.29, 0.717) is 40.9 Å². The van der Waals surface area contributed by atoms with Crippen LogP contribution >= 0.6 is 45.9 Å². The van der Waals surface area contributed by atoms with E-state index in [0.717, 1.165) is 19.6 Å². The summed E-state index contributed by atoms with van der Waals surface area (Å²) in [4.78, 5) is 38.5. The molecule has 0 bridgehead atoms. The van der Waals surface area contributed by atoms with Crippen molar-refractivity contribution >= 4 is 67.6 Å².